The molecule has 0 aromatic carbocycles. The van der Waals surface area contributed by atoms with Gasteiger partial charge in [0.25, 0.3) is 0 Å². The molecule has 1 aromatic heterocycles. The number of hydrogen-bond donors (Lipinski definition) is 1. The summed E-state index contributed by atoms with van der Waals surface area (Å²) in [4.78, 5) is 0. The highest BCUT2D eigenvalue weighted by Crippen LogP contribution is 2.41. The van der Waals surface area contributed by atoms with Crippen LogP contribution in [0.15, 0.2) is 0 Å². The van der Waals surface area contributed by atoms with Crippen molar-refractivity contribution in [1.29, 1.82) is 0 Å². The van der Waals surface area contributed by atoms with Crippen LogP contribution in [0.2, 0.25) is 0 Å². The van der Waals surface area contributed by atoms with Crippen LogP contribution in [0.4, 0.5) is 5.82 Å². The Morgan fingerprint density at radius 2 is 2.25 bits per heavy atom. The molecule has 1 saturated carbocycles. The van der Waals surface area contributed by atoms with E-state index in [4.69, 9.17) is 10.5 Å². The van der Waals surface area contributed by atoms with Gasteiger partial charge >= 0.3 is 0 Å². The fourth-order valence-electron chi connectivity index (χ4n) is 1.75. The third-order valence-electron chi connectivity index (χ3n) is 2.66. The van der Waals surface area contributed by atoms with Gasteiger partial charge in [-0.1, -0.05) is 19.1 Å². The van der Waals surface area contributed by atoms with Crippen molar-refractivity contribution < 1.29 is 4.74 Å². The molecule has 1 aliphatic carbocycles. The van der Waals surface area contributed by atoms with Crippen LogP contribution < -0.4 is 5.73 Å². The Hall–Kier alpha value is -1.10. The maximum Gasteiger partial charge on any atom is 0.169 e. The summed E-state index contributed by atoms with van der Waals surface area (Å²) in [5.41, 5.74) is 6.90. The molecule has 1 aliphatic rings. The minimum Gasteiger partial charge on any atom is -0.381 e. The van der Waals surface area contributed by atoms with Crippen LogP contribution in [0.25, 0.3) is 0 Å². The molecule has 2 rings (SSSR count). The van der Waals surface area contributed by atoms with Gasteiger partial charge in [-0.05, 0) is 18.8 Å². The number of aromatic nitrogens is 3. The quantitative estimate of drug-likeness (QED) is 0.742. The molecule has 5 nitrogen and oxygen atoms in total. The molecule has 16 heavy (non-hydrogen) atoms. The van der Waals surface area contributed by atoms with Gasteiger partial charge in [0.05, 0.1) is 18.8 Å². The van der Waals surface area contributed by atoms with Crippen molar-refractivity contribution in [3.05, 3.63) is 5.69 Å². The third kappa shape index (κ3) is 2.72. The maximum absolute atomic E-state index is 5.80. The van der Waals surface area contributed by atoms with Gasteiger partial charge in [0.1, 0.15) is 0 Å². The normalized spacial score (nSPS) is 15.9. The van der Waals surface area contributed by atoms with E-state index in [9.17, 15) is 0 Å². The van der Waals surface area contributed by atoms with E-state index in [1.165, 1.54) is 12.8 Å². The van der Waals surface area contributed by atoms with Gasteiger partial charge in [0, 0.05) is 12.5 Å². The van der Waals surface area contributed by atoms with Gasteiger partial charge in [0.15, 0.2) is 5.82 Å². The lowest BCUT2D eigenvalue weighted by Crippen LogP contribution is -2.12. The number of hydrogen-bond acceptors (Lipinski definition) is 4. The highest BCUT2D eigenvalue weighted by atomic mass is 16.5. The van der Waals surface area contributed by atoms with E-state index in [-0.39, 0.29) is 0 Å². The number of nitrogens with two attached hydrogens (primary N) is 1. The third-order valence-corrected chi connectivity index (χ3v) is 2.66. The zero-order chi connectivity index (χ0) is 11.5. The second kappa shape index (κ2) is 4.82. The molecule has 0 spiro atoms. The number of anilines is 1. The second-order valence-electron chi connectivity index (χ2n) is 4.83. The molecular formula is C11H20N4O. The molecule has 0 unspecified atom stereocenters. The minimum absolute atomic E-state index is 0.573. The lowest BCUT2D eigenvalue weighted by molar-refractivity contribution is 0.100. The lowest BCUT2D eigenvalue weighted by Gasteiger charge is -2.08. The van der Waals surface area contributed by atoms with E-state index < -0.39 is 0 Å². The van der Waals surface area contributed by atoms with Gasteiger partial charge in [-0.2, -0.15) is 0 Å². The molecule has 0 atom stereocenters. The maximum atomic E-state index is 5.80. The fourth-order valence-corrected chi connectivity index (χ4v) is 1.75. The van der Waals surface area contributed by atoms with E-state index in [0.717, 1.165) is 18.8 Å². The molecule has 1 aromatic rings. The number of nitrogen functional groups attached to an aromatic ring is 1. The van der Waals surface area contributed by atoms with Gasteiger partial charge in [-0.25, -0.2) is 4.68 Å². The Labute approximate surface area is 96.0 Å². The van der Waals surface area contributed by atoms with Crippen LogP contribution >= 0.6 is 0 Å². The highest BCUT2D eigenvalue weighted by Gasteiger charge is 2.30. The van der Waals surface area contributed by atoms with Crippen LogP contribution in [0.3, 0.4) is 0 Å². The molecular weight excluding hydrogens is 204 g/mol. The summed E-state index contributed by atoms with van der Waals surface area (Å²) in [6, 6.07) is 0. The molecule has 0 amide bonds. The van der Waals surface area contributed by atoms with Crippen LogP contribution in [0.1, 0.15) is 38.3 Å². The molecule has 90 valence electrons. The molecule has 1 heterocycles. The van der Waals surface area contributed by atoms with Gasteiger partial charge in [0.2, 0.25) is 0 Å². The molecule has 1 fully saturated rings. The Bertz CT molecular complexity index is 344. The molecule has 0 bridgehead atoms. The van der Waals surface area contributed by atoms with Gasteiger partial charge < -0.3 is 10.5 Å². The van der Waals surface area contributed by atoms with Crippen LogP contribution in [0.5, 0.6) is 0 Å². The topological polar surface area (TPSA) is 66.0 Å². The average molecular weight is 224 g/mol. The Balaban J connectivity index is 1.84. The summed E-state index contributed by atoms with van der Waals surface area (Å²) < 4.78 is 7.43. The summed E-state index contributed by atoms with van der Waals surface area (Å²) in [5, 5.41) is 7.98. The fraction of sp³-hybridized carbons (Fsp3) is 0.818. The first kappa shape index (κ1) is 11.4. The van der Waals surface area contributed by atoms with Crippen molar-refractivity contribution in [2.45, 2.75) is 39.2 Å². The number of ether oxygens (including phenoxy) is 1. The first-order valence-electron chi connectivity index (χ1n) is 5.95. The Morgan fingerprint density at radius 1 is 1.50 bits per heavy atom. The van der Waals surface area contributed by atoms with Crippen molar-refractivity contribution >= 4 is 5.82 Å². The zero-order valence-electron chi connectivity index (χ0n) is 10.0. The zero-order valence-corrected chi connectivity index (χ0v) is 10.0. The minimum atomic E-state index is 0.573. The van der Waals surface area contributed by atoms with Crippen LogP contribution in [0, 0.1) is 5.92 Å². The van der Waals surface area contributed by atoms with Crippen molar-refractivity contribution in [3.63, 3.8) is 0 Å². The van der Waals surface area contributed by atoms with Crippen molar-refractivity contribution in [2.24, 2.45) is 5.92 Å². The molecule has 0 aliphatic heterocycles. The van der Waals surface area contributed by atoms with Gasteiger partial charge in [-0.3, -0.25) is 0 Å². The van der Waals surface area contributed by atoms with E-state index in [0.29, 0.717) is 24.3 Å². The SMILES string of the molecule is CC(C)COCCn1nnc(N)c1C1CC1. The van der Waals surface area contributed by atoms with E-state index in [1.807, 2.05) is 4.68 Å². The monoisotopic (exact) mass is 224 g/mol. The van der Waals surface area contributed by atoms with E-state index >= 15 is 0 Å². The van der Waals surface area contributed by atoms with Crippen molar-refractivity contribution in [2.75, 3.05) is 18.9 Å². The van der Waals surface area contributed by atoms with Crippen LogP contribution in [-0.2, 0) is 11.3 Å². The standard InChI is InChI=1S/C11H20N4O/c1-8(2)7-16-6-5-15-10(9-3-4-9)11(12)13-14-15/h8-9H,3-7,12H2,1-2H3. The first-order valence-corrected chi connectivity index (χ1v) is 5.95. The summed E-state index contributed by atoms with van der Waals surface area (Å²) in [5.74, 6) is 1.75. The number of rotatable bonds is 6. The average Bonchev–Trinajstić information content (AvgIpc) is 2.99. The predicted molar refractivity (Wildman–Crippen MR) is 62.1 cm³/mol. The summed E-state index contributed by atoms with van der Waals surface area (Å²) in [6.45, 7) is 6.51. The van der Waals surface area contributed by atoms with Crippen molar-refractivity contribution in [3.8, 4) is 0 Å². The summed E-state index contributed by atoms with van der Waals surface area (Å²) in [6.07, 6.45) is 2.43. The van der Waals surface area contributed by atoms with Gasteiger partial charge in [-0.15, -0.1) is 5.10 Å². The summed E-state index contributed by atoms with van der Waals surface area (Å²) >= 11 is 0. The van der Waals surface area contributed by atoms with Crippen LogP contribution in [-0.4, -0.2) is 28.2 Å². The molecule has 0 radical (unpaired) electrons. The highest BCUT2D eigenvalue weighted by molar-refractivity contribution is 5.38. The Morgan fingerprint density at radius 3 is 2.88 bits per heavy atom. The smallest absolute Gasteiger partial charge is 0.169 e. The Kier molecular flexibility index (Phi) is 3.43. The van der Waals surface area contributed by atoms with E-state index in [2.05, 4.69) is 24.2 Å². The first-order chi connectivity index (χ1) is 7.68. The second-order valence-corrected chi connectivity index (χ2v) is 4.83. The largest absolute Gasteiger partial charge is 0.381 e. The summed E-state index contributed by atoms with van der Waals surface area (Å²) in [7, 11) is 0. The predicted octanol–water partition coefficient (Wildman–Crippen LogP) is 1.41. The molecule has 5 heteroatoms. The van der Waals surface area contributed by atoms with E-state index in [1.54, 1.807) is 0 Å². The molecule has 2 N–H and O–H groups in total. The lowest BCUT2D eigenvalue weighted by atomic mass is 10.2. The number of nitrogens with zero attached hydrogens (tertiary/aromatic N) is 3. The van der Waals surface area contributed by atoms with Crippen molar-refractivity contribution in [1.82, 2.24) is 15.0 Å². The molecule has 0 saturated heterocycles.